The Kier molecular flexibility index (Phi) is 5.36. The first kappa shape index (κ1) is 19.9. The Bertz CT molecular complexity index is 916. The maximum Gasteiger partial charge on any atom is 0.248 e. The molecule has 0 radical (unpaired) electrons. The van der Waals surface area contributed by atoms with Gasteiger partial charge >= 0.3 is 0 Å². The average molecular weight is 410 g/mol. The number of anilines is 1. The van der Waals surface area contributed by atoms with E-state index in [4.69, 9.17) is 0 Å². The standard InChI is InChI=1S/C18H22N2O5S2/c1-10-6-11(2)17(12(3)7-10)20-13-8-27(24,25)9-14(13)26-18(20)19-15(21)4-5-16(22)23/h6-7,13-14H,4-5,8-9H2,1-3H3,(H,22,23)/p-1/t13-,14+/m1/s1. The van der Waals surface area contributed by atoms with Gasteiger partial charge in [0.25, 0.3) is 0 Å². The minimum absolute atomic E-state index is 0.0175. The lowest BCUT2D eigenvalue weighted by molar-refractivity contribution is -0.305. The van der Waals surface area contributed by atoms with Crippen molar-refractivity contribution in [3.05, 3.63) is 28.8 Å². The number of amides is 1. The van der Waals surface area contributed by atoms with Gasteiger partial charge in [-0.25, -0.2) is 8.42 Å². The van der Waals surface area contributed by atoms with E-state index in [0.29, 0.717) is 5.17 Å². The summed E-state index contributed by atoms with van der Waals surface area (Å²) in [4.78, 5) is 28.7. The molecule has 146 valence electrons. The van der Waals surface area contributed by atoms with Crippen LogP contribution in [0, 0.1) is 20.8 Å². The SMILES string of the molecule is Cc1cc(C)c(N2C(=NC(=O)CCC(=O)[O-])S[C@H]3CS(=O)(=O)C[C@H]32)c(C)c1. The van der Waals surface area contributed by atoms with E-state index in [1.54, 1.807) is 0 Å². The van der Waals surface area contributed by atoms with Crippen LogP contribution in [0.1, 0.15) is 29.5 Å². The number of carbonyl (C=O) groups excluding carboxylic acids is 2. The molecular formula is C18H21N2O5S2-. The van der Waals surface area contributed by atoms with Crippen LogP contribution in [0.25, 0.3) is 0 Å². The molecule has 2 aliphatic heterocycles. The molecule has 2 fully saturated rings. The van der Waals surface area contributed by atoms with E-state index in [1.807, 2.05) is 37.8 Å². The van der Waals surface area contributed by atoms with Crippen LogP contribution in [0.2, 0.25) is 0 Å². The lowest BCUT2D eigenvalue weighted by atomic mass is 10.0. The zero-order valence-corrected chi connectivity index (χ0v) is 17.0. The monoisotopic (exact) mass is 409 g/mol. The molecule has 9 heteroatoms. The van der Waals surface area contributed by atoms with E-state index in [1.165, 1.54) is 11.8 Å². The maximum atomic E-state index is 12.1. The van der Waals surface area contributed by atoms with Gasteiger partial charge in [-0.15, -0.1) is 0 Å². The summed E-state index contributed by atoms with van der Waals surface area (Å²) in [5.74, 6) is -1.77. The van der Waals surface area contributed by atoms with Crippen LogP contribution in [0.5, 0.6) is 0 Å². The molecule has 2 aliphatic rings. The Balaban J connectivity index is 2.02. The fraction of sp³-hybridized carbons (Fsp3) is 0.500. The Labute approximate surface area is 162 Å². The second-order valence-corrected chi connectivity index (χ2v) is 10.4. The van der Waals surface area contributed by atoms with Crippen LogP contribution in [0.3, 0.4) is 0 Å². The number of hydrogen-bond donors (Lipinski definition) is 0. The molecule has 1 aromatic rings. The summed E-state index contributed by atoms with van der Waals surface area (Å²) >= 11 is 1.28. The number of carboxylic acid groups (broad SMARTS) is 1. The second kappa shape index (κ2) is 7.27. The number of aryl methyl sites for hydroxylation is 3. The highest BCUT2D eigenvalue weighted by molar-refractivity contribution is 8.16. The molecule has 7 nitrogen and oxygen atoms in total. The van der Waals surface area contributed by atoms with Gasteiger partial charge in [-0.3, -0.25) is 4.79 Å². The number of aliphatic imine (C=N–C) groups is 1. The Morgan fingerprint density at radius 3 is 2.41 bits per heavy atom. The molecule has 1 amide bonds. The zero-order chi connectivity index (χ0) is 19.9. The third-order valence-corrected chi connectivity index (χ3v) is 7.92. The highest BCUT2D eigenvalue weighted by Crippen LogP contribution is 2.43. The van der Waals surface area contributed by atoms with E-state index < -0.39 is 21.7 Å². The van der Waals surface area contributed by atoms with Gasteiger partial charge in [-0.05, 0) is 38.3 Å². The molecule has 0 bridgehead atoms. The Morgan fingerprint density at radius 1 is 1.19 bits per heavy atom. The fourth-order valence-electron chi connectivity index (χ4n) is 3.75. The summed E-state index contributed by atoms with van der Waals surface area (Å²) in [6.45, 7) is 5.89. The van der Waals surface area contributed by atoms with E-state index in [2.05, 4.69) is 4.99 Å². The highest BCUT2D eigenvalue weighted by atomic mass is 32.2. The number of hydrogen-bond acceptors (Lipinski definition) is 6. The normalized spacial score (nSPS) is 25.0. The van der Waals surface area contributed by atoms with Crippen molar-refractivity contribution in [1.82, 2.24) is 0 Å². The van der Waals surface area contributed by atoms with E-state index in [9.17, 15) is 23.1 Å². The summed E-state index contributed by atoms with van der Waals surface area (Å²) in [6.07, 6.45) is -0.621. The lowest BCUT2D eigenvalue weighted by Crippen LogP contribution is -2.38. The van der Waals surface area contributed by atoms with Gasteiger partial charge in [-0.1, -0.05) is 29.5 Å². The first-order valence-corrected chi connectivity index (χ1v) is 11.3. The lowest BCUT2D eigenvalue weighted by Gasteiger charge is -2.28. The number of thioether (sulfide) groups is 1. The van der Waals surface area contributed by atoms with E-state index in [-0.39, 0.29) is 35.6 Å². The summed E-state index contributed by atoms with van der Waals surface area (Å²) in [5, 5.41) is 10.8. The van der Waals surface area contributed by atoms with Crippen LogP contribution in [-0.4, -0.2) is 48.3 Å². The number of nitrogens with zero attached hydrogens (tertiary/aromatic N) is 2. The molecule has 0 spiro atoms. The topological polar surface area (TPSA) is 107 Å². The Hall–Kier alpha value is -1.87. The maximum absolute atomic E-state index is 12.1. The molecule has 27 heavy (non-hydrogen) atoms. The number of carbonyl (C=O) groups is 2. The number of fused-ring (bicyclic) bond motifs is 1. The molecule has 2 heterocycles. The molecule has 0 aromatic heterocycles. The predicted octanol–water partition coefficient (Wildman–Crippen LogP) is 0.743. The van der Waals surface area contributed by atoms with Crippen LogP contribution in [0.4, 0.5) is 5.69 Å². The molecule has 2 saturated heterocycles. The zero-order valence-electron chi connectivity index (χ0n) is 15.4. The largest absolute Gasteiger partial charge is 0.550 e. The molecule has 0 N–H and O–H groups in total. The molecule has 0 saturated carbocycles. The Morgan fingerprint density at radius 2 is 1.81 bits per heavy atom. The molecule has 3 rings (SSSR count). The quantitative estimate of drug-likeness (QED) is 0.722. The van der Waals surface area contributed by atoms with Crippen molar-refractivity contribution < 1.29 is 23.1 Å². The average Bonchev–Trinajstić information content (AvgIpc) is 2.97. The van der Waals surface area contributed by atoms with Crippen LogP contribution in [-0.2, 0) is 19.4 Å². The van der Waals surface area contributed by atoms with Gasteiger partial charge in [0.05, 0.1) is 17.5 Å². The van der Waals surface area contributed by atoms with Gasteiger partial charge in [0.15, 0.2) is 15.0 Å². The van der Waals surface area contributed by atoms with Crippen molar-refractivity contribution in [1.29, 1.82) is 0 Å². The van der Waals surface area contributed by atoms with Gasteiger partial charge in [0.2, 0.25) is 5.91 Å². The van der Waals surface area contributed by atoms with Crippen LogP contribution in [0.15, 0.2) is 17.1 Å². The molecule has 2 atom stereocenters. The summed E-state index contributed by atoms with van der Waals surface area (Å²) in [5.41, 5.74) is 3.92. The number of benzene rings is 1. The van der Waals surface area contributed by atoms with Gasteiger partial charge < -0.3 is 14.8 Å². The predicted molar refractivity (Wildman–Crippen MR) is 104 cm³/mol. The summed E-state index contributed by atoms with van der Waals surface area (Å²) < 4.78 is 24.3. The third kappa shape index (κ3) is 4.19. The van der Waals surface area contributed by atoms with Crippen molar-refractivity contribution in [2.75, 3.05) is 16.4 Å². The fourth-order valence-corrected chi connectivity index (χ4v) is 7.67. The molecule has 0 unspecified atom stereocenters. The number of rotatable bonds is 4. The number of amidine groups is 1. The third-order valence-electron chi connectivity index (χ3n) is 4.71. The number of aliphatic carboxylic acids is 1. The smallest absolute Gasteiger partial charge is 0.248 e. The van der Waals surface area contributed by atoms with Crippen LogP contribution >= 0.6 is 11.8 Å². The number of sulfone groups is 1. The van der Waals surface area contributed by atoms with Gasteiger partial charge in [-0.2, -0.15) is 4.99 Å². The van der Waals surface area contributed by atoms with Crippen LogP contribution < -0.4 is 10.0 Å². The van der Waals surface area contributed by atoms with Crippen molar-refractivity contribution in [3.8, 4) is 0 Å². The van der Waals surface area contributed by atoms with E-state index in [0.717, 1.165) is 22.4 Å². The first-order chi connectivity index (χ1) is 12.6. The highest BCUT2D eigenvalue weighted by Gasteiger charge is 2.49. The van der Waals surface area contributed by atoms with Crippen molar-refractivity contribution in [2.45, 2.75) is 44.9 Å². The molecule has 1 aromatic carbocycles. The van der Waals surface area contributed by atoms with Gasteiger partial charge in [0, 0.05) is 23.3 Å². The van der Waals surface area contributed by atoms with Gasteiger partial charge in [0.1, 0.15) is 0 Å². The molecular weight excluding hydrogens is 388 g/mol. The summed E-state index contributed by atoms with van der Waals surface area (Å²) in [7, 11) is -3.14. The summed E-state index contributed by atoms with van der Waals surface area (Å²) in [6, 6.07) is 3.74. The second-order valence-electron chi connectivity index (χ2n) is 7.08. The van der Waals surface area contributed by atoms with Crippen molar-refractivity contribution >= 4 is 44.3 Å². The van der Waals surface area contributed by atoms with Crippen molar-refractivity contribution in [2.24, 2.45) is 4.99 Å². The van der Waals surface area contributed by atoms with Crippen molar-refractivity contribution in [3.63, 3.8) is 0 Å². The minimum atomic E-state index is -3.14. The van der Waals surface area contributed by atoms with E-state index >= 15 is 0 Å². The number of carboxylic acids is 1. The first-order valence-electron chi connectivity index (χ1n) is 8.63. The molecule has 0 aliphatic carbocycles. The minimum Gasteiger partial charge on any atom is -0.550 e.